The number of hydrogen-bond donors (Lipinski definition) is 2. The summed E-state index contributed by atoms with van der Waals surface area (Å²) in [5.41, 5.74) is 0. The molecule has 0 aliphatic carbocycles. The van der Waals surface area contributed by atoms with Crippen molar-refractivity contribution in [3.05, 3.63) is 0 Å². The first kappa shape index (κ1) is 19.6. The van der Waals surface area contributed by atoms with Gasteiger partial charge in [-0.3, -0.25) is 0 Å². The van der Waals surface area contributed by atoms with Gasteiger partial charge in [-0.1, -0.05) is 0 Å². The summed E-state index contributed by atoms with van der Waals surface area (Å²) in [6.07, 6.45) is -0.337. The van der Waals surface area contributed by atoms with Crippen molar-refractivity contribution in [2.45, 2.75) is 11.7 Å². The van der Waals surface area contributed by atoms with Crippen LogP contribution in [0.5, 0.6) is 0 Å². The molecule has 0 fully saturated rings. The molecular formula is C4H7AuNa2O4S. The maximum absolute atomic E-state index is 10.2. The molecule has 0 rings (SSSR count). The standard InChI is InChI=1S/C4H6O4S.Au.2Na.2H/c5-3(6)1-2(9)4(7)8;;;;;/h2,9H,1H2,(H,5,6)(H,7,8);;;;;/q;+1;;;;/p-1. The van der Waals surface area contributed by atoms with E-state index in [-0.39, 0.29) is 65.5 Å². The van der Waals surface area contributed by atoms with Gasteiger partial charge >= 0.3 is 131 Å². The first-order valence-electron chi connectivity index (χ1n) is 2.26. The van der Waals surface area contributed by atoms with E-state index in [1.54, 1.807) is 0 Å². The van der Waals surface area contributed by atoms with Crippen molar-refractivity contribution < 1.29 is 39.5 Å². The van der Waals surface area contributed by atoms with E-state index >= 15 is 0 Å². The van der Waals surface area contributed by atoms with Gasteiger partial charge in [0.05, 0.1) is 0 Å². The van der Waals surface area contributed by atoms with Crippen LogP contribution in [0.15, 0.2) is 0 Å². The van der Waals surface area contributed by atoms with Crippen molar-refractivity contribution in [1.82, 2.24) is 0 Å². The fourth-order valence-corrected chi connectivity index (χ4v) is 1.75. The van der Waals surface area contributed by atoms with E-state index in [1.807, 2.05) is 19.7 Å². The van der Waals surface area contributed by atoms with Gasteiger partial charge in [-0.2, -0.15) is 0 Å². The Kier molecular flexibility index (Phi) is 18.1. The molecule has 0 aromatic carbocycles. The first-order valence-corrected chi connectivity index (χ1v) is 5.64. The molecule has 0 amide bonds. The predicted molar refractivity (Wildman–Crippen MR) is 45.6 cm³/mol. The fourth-order valence-electron chi connectivity index (χ4n) is 0.301. The van der Waals surface area contributed by atoms with Crippen molar-refractivity contribution in [3.8, 4) is 0 Å². The van der Waals surface area contributed by atoms with Gasteiger partial charge in [0.25, 0.3) is 0 Å². The molecule has 1 atom stereocenters. The summed E-state index contributed by atoms with van der Waals surface area (Å²) >= 11 is 1.94. The van der Waals surface area contributed by atoms with Crippen LogP contribution in [0.4, 0.5) is 0 Å². The van der Waals surface area contributed by atoms with Gasteiger partial charge in [-0.15, -0.1) is 0 Å². The summed E-state index contributed by atoms with van der Waals surface area (Å²) in [4.78, 5) is 20.2. The molecular weight excluding hydrogens is 387 g/mol. The van der Waals surface area contributed by atoms with Crippen molar-refractivity contribution in [1.29, 1.82) is 0 Å². The molecule has 0 aromatic rings. The maximum atomic E-state index is 10.2. The van der Waals surface area contributed by atoms with Gasteiger partial charge in [-0.05, 0) is 0 Å². The Morgan fingerprint density at radius 1 is 1.33 bits per heavy atom. The third-order valence-electron chi connectivity index (χ3n) is 0.721. The molecule has 0 saturated heterocycles. The molecule has 0 aliphatic rings. The number of rotatable bonds is 4. The van der Waals surface area contributed by atoms with Gasteiger partial charge in [0.2, 0.25) is 0 Å². The molecule has 1 unspecified atom stereocenters. The summed E-state index contributed by atoms with van der Waals surface area (Å²) in [5.74, 6) is -2.18. The van der Waals surface area contributed by atoms with Gasteiger partial charge < -0.3 is 0 Å². The van der Waals surface area contributed by atoms with Gasteiger partial charge in [0.15, 0.2) is 0 Å². The number of carbonyl (C=O) groups is 2. The summed E-state index contributed by atoms with van der Waals surface area (Å²) in [6.45, 7) is 0. The summed E-state index contributed by atoms with van der Waals surface area (Å²) < 4.78 is 0. The van der Waals surface area contributed by atoms with Crippen molar-refractivity contribution in [3.63, 3.8) is 0 Å². The van der Waals surface area contributed by atoms with Gasteiger partial charge in [0.1, 0.15) is 0 Å². The minimum absolute atomic E-state index is 0. The zero-order valence-electron chi connectivity index (χ0n) is 4.71. The number of carboxylic acid groups (broad SMARTS) is 2. The van der Waals surface area contributed by atoms with E-state index in [0.29, 0.717) is 0 Å². The van der Waals surface area contributed by atoms with Crippen LogP contribution >= 0.6 is 9.23 Å². The molecule has 8 heteroatoms. The molecule has 0 heterocycles. The SMILES string of the molecule is O=C(O)CC([S][Au])C(=O)O.[NaH].[NaH]. The topological polar surface area (TPSA) is 74.6 Å². The van der Waals surface area contributed by atoms with E-state index < -0.39 is 17.2 Å². The number of hydrogen-bond acceptors (Lipinski definition) is 3. The quantitative estimate of drug-likeness (QED) is 0.587. The molecule has 0 saturated carbocycles. The van der Waals surface area contributed by atoms with Gasteiger partial charge in [-0.25, -0.2) is 0 Å². The monoisotopic (exact) mass is 394 g/mol. The predicted octanol–water partition coefficient (Wildman–Crippen LogP) is -1.19. The fraction of sp³-hybridized carbons (Fsp3) is 0.500. The Balaban J connectivity index is -0.000000405. The second-order valence-electron chi connectivity index (χ2n) is 1.50. The van der Waals surface area contributed by atoms with E-state index in [1.165, 1.54) is 0 Å². The van der Waals surface area contributed by atoms with E-state index in [2.05, 4.69) is 0 Å². The van der Waals surface area contributed by atoms with Crippen molar-refractivity contribution >= 4 is 80.3 Å². The van der Waals surface area contributed by atoms with Crippen LogP contribution in [0.25, 0.3) is 0 Å². The summed E-state index contributed by atoms with van der Waals surface area (Å²) in [5, 5.41) is 15.7. The summed E-state index contributed by atoms with van der Waals surface area (Å²) in [6, 6.07) is 0. The Morgan fingerprint density at radius 3 is 1.83 bits per heavy atom. The van der Waals surface area contributed by atoms with Crippen LogP contribution in [0, 0.1) is 0 Å². The molecule has 66 valence electrons. The molecule has 0 aromatic heterocycles. The minimum atomic E-state index is -1.09. The van der Waals surface area contributed by atoms with E-state index in [9.17, 15) is 9.59 Å². The Morgan fingerprint density at radius 2 is 1.75 bits per heavy atom. The third kappa shape index (κ3) is 10.1. The molecule has 0 bridgehead atoms. The normalized spacial score (nSPS) is 10.5. The Bertz CT molecular complexity index is 156. The van der Waals surface area contributed by atoms with Crippen LogP contribution in [-0.2, 0) is 29.3 Å². The Hall–Kier alpha value is 2.03. The molecule has 4 nitrogen and oxygen atoms in total. The average molecular weight is 394 g/mol. The van der Waals surface area contributed by atoms with Crippen molar-refractivity contribution in [2.75, 3.05) is 0 Å². The van der Waals surface area contributed by atoms with Gasteiger partial charge in [0, 0.05) is 0 Å². The second-order valence-corrected chi connectivity index (χ2v) is 3.74. The zero-order chi connectivity index (χ0) is 8.15. The van der Waals surface area contributed by atoms with Crippen LogP contribution in [0.2, 0.25) is 0 Å². The molecule has 0 radical (unpaired) electrons. The molecule has 2 N–H and O–H groups in total. The number of carboxylic acids is 2. The van der Waals surface area contributed by atoms with E-state index in [0.717, 1.165) is 9.23 Å². The first-order chi connectivity index (χ1) is 4.57. The molecule has 12 heavy (non-hydrogen) atoms. The van der Waals surface area contributed by atoms with Crippen molar-refractivity contribution in [2.24, 2.45) is 0 Å². The zero-order valence-corrected chi connectivity index (χ0v) is 7.69. The third-order valence-corrected chi connectivity index (χ3v) is 3.11. The molecule has 0 aliphatic heterocycles. The van der Waals surface area contributed by atoms with Crippen LogP contribution in [0.1, 0.15) is 6.42 Å². The summed E-state index contributed by atoms with van der Waals surface area (Å²) in [7, 11) is 0.970. The van der Waals surface area contributed by atoms with Crippen LogP contribution in [-0.4, -0.2) is 86.5 Å². The average Bonchev–Trinajstić information content (AvgIpc) is 1.81. The van der Waals surface area contributed by atoms with Crippen LogP contribution < -0.4 is 0 Å². The second kappa shape index (κ2) is 11.1. The van der Waals surface area contributed by atoms with Crippen LogP contribution in [0.3, 0.4) is 0 Å². The Labute approximate surface area is 129 Å². The number of aliphatic carboxylic acids is 2. The van der Waals surface area contributed by atoms with E-state index in [4.69, 9.17) is 10.2 Å². The molecule has 0 spiro atoms.